The molecule has 2 heterocycles. The van der Waals surface area contributed by atoms with Crippen molar-refractivity contribution >= 4 is 22.8 Å². The van der Waals surface area contributed by atoms with Gasteiger partial charge in [-0.25, -0.2) is 14.3 Å². The van der Waals surface area contributed by atoms with Crippen LogP contribution in [0.25, 0.3) is 16.9 Å². The van der Waals surface area contributed by atoms with E-state index in [1.807, 2.05) is 22.8 Å². The summed E-state index contributed by atoms with van der Waals surface area (Å²) in [6.07, 6.45) is 5.60. The monoisotopic (exact) mass is 416 g/mol. The summed E-state index contributed by atoms with van der Waals surface area (Å²) in [5, 5.41) is 0.464. The van der Waals surface area contributed by atoms with Crippen LogP contribution >= 0.6 is 11.6 Å². The molecular formula is C22H29ClN4O2. The molecule has 7 heteroatoms. The molecule has 3 aromatic rings. The molecule has 3 rings (SSSR count). The highest BCUT2D eigenvalue weighted by atomic mass is 35.5. The van der Waals surface area contributed by atoms with Crippen LogP contribution in [-0.4, -0.2) is 18.7 Å². The van der Waals surface area contributed by atoms with Crippen molar-refractivity contribution in [2.24, 2.45) is 7.05 Å². The molecule has 0 fully saturated rings. The van der Waals surface area contributed by atoms with Crippen molar-refractivity contribution in [3.05, 3.63) is 56.0 Å². The first kappa shape index (κ1) is 21.4. The van der Waals surface area contributed by atoms with E-state index in [9.17, 15) is 9.59 Å². The minimum Gasteiger partial charge on any atom is -0.322 e. The average Bonchev–Trinajstić information content (AvgIpc) is 3.12. The Hall–Kier alpha value is -2.34. The van der Waals surface area contributed by atoms with Crippen molar-refractivity contribution in [2.45, 2.75) is 65.3 Å². The first-order valence-electron chi connectivity index (χ1n) is 10.3. The van der Waals surface area contributed by atoms with Gasteiger partial charge in [-0.15, -0.1) is 0 Å². The maximum Gasteiger partial charge on any atom is 0.337 e. The van der Waals surface area contributed by atoms with Crippen LogP contribution in [0, 0.1) is 0 Å². The van der Waals surface area contributed by atoms with Crippen LogP contribution in [0.2, 0.25) is 5.02 Å². The molecule has 1 aromatic carbocycles. The van der Waals surface area contributed by atoms with Crippen LogP contribution in [0.3, 0.4) is 0 Å². The van der Waals surface area contributed by atoms with Gasteiger partial charge in [0.1, 0.15) is 0 Å². The van der Waals surface area contributed by atoms with Gasteiger partial charge in [-0.05, 0) is 36.5 Å². The van der Waals surface area contributed by atoms with E-state index in [1.54, 1.807) is 6.33 Å². The van der Waals surface area contributed by atoms with Crippen LogP contribution in [0.15, 0.2) is 34.1 Å². The van der Waals surface area contributed by atoms with Crippen molar-refractivity contribution in [1.29, 1.82) is 0 Å². The predicted molar refractivity (Wildman–Crippen MR) is 119 cm³/mol. The van der Waals surface area contributed by atoms with Gasteiger partial charge in [0.15, 0.2) is 11.2 Å². The number of imidazole rings is 1. The van der Waals surface area contributed by atoms with Crippen molar-refractivity contribution in [1.82, 2.24) is 18.7 Å². The molecule has 0 unspecified atom stereocenters. The molecule has 0 aliphatic carbocycles. The summed E-state index contributed by atoms with van der Waals surface area (Å²) in [7, 11) is 1.50. The fraction of sp³-hybridized carbons (Fsp3) is 0.500. The van der Waals surface area contributed by atoms with Crippen LogP contribution in [0.1, 0.15) is 70.9 Å². The summed E-state index contributed by atoms with van der Waals surface area (Å²) < 4.78 is 4.54. The summed E-state index contributed by atoms with van der Waals surface area (Å²) in [4.78, 5) is 30.5. The van der Waals surface area contributed by atoms with E-state index in [1.165, 1.54) is 11.6 Å². The van der Waals surface area contributed by atoms with Crippen LogP contribution < -0.4 is 11.2 Å². The molecule has 2 aromatic heterocycles. The molecule has 0 atom stereocenters. The van der Waals surface area contributed by atoms with Gasteiger partial charge < -0.3 is 4.57 Å². The quantitative estimate of drug-likeness (QED) is 0.555. The normalized spacial score (nSPS) is 11.9. The molecule has 0 N–H and O–H groups in total. The standard InChI is InChI=1S/C22H29ClN4O2/c1-6-8-16(9-7-2)26-13-24-20-19(26)21(28)25(5)22(29)27(20)18-11-10-15(14(3)4)12-17(18)23/h10-14,16H,6-9H2,1-5H3. The summed E-state index contributed by atoms with van der Waals surface area (Å²) in [6.45, 7) is 8.44. The van der Waals surface area contributed by atoms with Gasteiger partial charge in [-0.3, -0.25) is 9.36 Å². The zero-order valence-electron chi connectivity index (χ0n) is 17.8. The van der Waals surface area contributed by atoms with Gasteiger partial charge in [-0.1, -0.05) is 58.2 Å². The number of fused-ring (bicyclic) bond motifs is 1. The molecule has 0 saturated heterocycles. The van der Waals surface area contributed by atoms with E-state index in [0.717, 1.165) is 35.8 Å². The van der Waals surface area contributed by atoms with Crippen LogP contribution in [0.5, 0.6) is 0 Å². The Kier molecular flexibility index (Phi) is 6.32. The summed E-state index contributed by atoms with van der Waals surface area (Å²) in [5.41, 5.74) is 1.65. The van der Waals surface area contributed by atoms with Gasteiger partial charge in [0.2, 0.25) is 0 Å². The molecule has 0 bridgehead atoms. The molecule has 0 amide bonds. The largest absolute Gasteiger partial charge is 0.337 e. The van der Waals surface area contributed by atoms with E-state index < -0.39 is 5.69 Å². The van der Waals surface area contributed by atoms with Gasteiger partial charge >= 0.3 is 5.69 Å². The highest BCUT2D eigenvalue weighted by Gasteiger charge is 2.22. The predicted octanol–water partition coefficient (Wildman–Crippen LogP) is 4.80. The SMILES string of the molecule is CCCC(CCC)n1cnc2c1c(=O)n(C)c(=O)n2-c1ccc(C(C)C)cc1Cl. The Morgan fingerprint density at radius 1 is 1.10 bits per heavy atom. The third-order valence-corrected chi connectivity index (χ3v) is 5.79. The second kappa shape index (κ2) is 8.57. The lowest BCUT2D eigenvalue weighted by atomic mass is 10.0. The summed E-state index contributed by atoms with van der Waals surface area (Å²) in [5.74, 6) is 0.321. The molecular weight excluding hydrogens is 388 g/mol. The number of hydrogen-bond acceptors (Lipinski definition) is 3. The molecule has 156 valence electrons. The number of rotatable bonds is 7. The lowest BCUT2D eigenvalue weighted by molar-refractivity contribution is 0.434. The summed E-state index contributed by atoms with van der Waals surface area (Å²) >= 11 is 6.56. The van der Waals surface area contributed by atoms with E-state index in [0.29, 0.717) is 27.8 Å². The zero-order valence-corrected chi connectivity index (χ0v) is 18.5. The summed E-state index contributed by atoms with van der Waals surface area (Å²) in [6, 6.07) is 5.84. The first-order valence-corrected chi connectivity index (χ1v) is 10.7. The van der Waals surface area contributed by atoms with Gasteiger partial charge in [0.05, 0.1) is 17.0 Å². The maximum absolute atomic E-state index is 13.0. The molecule has 0 aliphatic heterocycles. The van der Waals surface area contributed by atoms with Crippen LogP contribution in [-0.2, 0) is 7.05 Å². The minimum absolute atomic E-state index is 0.174. The Balaban J connectivity index is 2.32. The van der Waals surface area contributed by atoms with Crippen molar-refractivity contribution in [3.63, 3.8) is 0 Å². The number of benzene rings is 1. The first-order chi connectivity index (χ1) is 13.8. The zero-order chi connectivity index (χ0) is 21.3. The topological polar surface area (TPSA) is 61.8 Å². The third-order valence-electron chi connectivity index (χ3n) is 5.49. The van der Waals surface area contributed by atoms with E-state index in [-0.39, 0.29) is 11.6 Å². The number of aromatic nitrogens is 4. The van der Waals surface area contributed by atoms with Crippen LogP contribution in [0.4, 0.5) is 0 Å². The Morgan fingerprint density at radius 2 is 1.76 bits per heavy atom. The second-order valence-corrected chi connectivity index (χ2v) is 8.31. The van der Waals surface area contributed by atoms with Crippen molar-refractivity contribution < 1.29 is 0 Å². The Bertz CT molecular complexity index is 1130. The van der Waals surface area contributed by atoms with Gasteiger partial charge in [0, 0.05) is 13.1 Å². The maximum atomic E-state index is 13.0. The molecule has 0 saturated carbocycles. The Morgan fingerprint density at radius 3 is 2.31 bits per heavy atom. The van der Waals surface area contributed by atoms with Gasteiger partial charge in [-0.2, -0.15) is 0 Å². The molecule has 0 aliphatic rings. The van der Waals surface area contributed by atoms with E-state index in [4.69, 9.17) is 11.6 Å². The van der Waals surface area contributed by atoms with Crippen molar-refractivity contribution in [2.75, 3.05) is 0 Å². The smallest absolute Gasteiger partial charge is 0.322 e. The molecule has 0 radical (unpaired) electrons. The number of hydrogen-bond donors (Lipinski definition) is 0. The fourth-order valence-electron chi connectivity index (χ4n) is 3.85. The fourth-order valence-corrected chi connectivity index (χ4v) is 4.13. The second-order valence-electron chi connectivity index (χ2n) is 7.90. The minimum atomic E-state index is -0.450. The Labute approximate surface area is 175 Å². The third kappa shape index (κ3) is 3.78. The highest BCUT2D eigenvalue weighted by molar-refractivity contribution is 6.32. The molecule has 29 heavy (non-hydrogen) atoms. The lowest BCUT2D eigenvalue weighted by Gasteiger charge is -2.18. The lowest BCUT2D eigenvalue weighted by Crippen LogP contribution is -2.38. The number of halogens is 1. The van der Waals surface area contributed by atoms with Gasteiger partial charge in [0.25, 0.3) is 5.56 Å². The molecule has 6 nitrogen and oxygen atoms in total. The average molecular weight is 417 g/mol. The molecule has 0 spiro atoms. The highest BCUT2D eigenvalue weighted by Crippen LogP contribution is 2.28. The van der Waals surface area contributed by atoms with Crippen molar-refractivity contribution in [3.8, 4) is 5.69 Å². The van der Waals surface area contributed by atoms with E-state index in [2.05, 4.69) is 32.7 Å². The number of nitrogens with zero attached hydrogens (tertiary/aromatic N) is 4. The van der Waals surface area contributed by atoms with E-state index >= 15 is 0 Å².